The average Bonchev–Trinajstić information content (AvgIpc) is 3.68. The number of rotatable bonds is 5. The van der Waals surface area contributed by atoms with Gasteiger partial charge in [0.25, 0.3) is 0 Å². The van der Waals surface area contributed by atoms with Crippen LogP contribution < -0.4 is 0 Å². The molecule has 0 aliphatic rings. The molecule has 0 atom stereocenters. The van der Waals surface area contributed by atoms with Crippen LogP contribution in [0.5, 0.6) is 0 Å². The molecule has 0 aliphatic carbocycles. The van der Waals surface area contributed by atoms with Crippen molar-refractivity contribution >= 4 is 32.6 Å². The third-order valence-electron chi connectivity index (χ3n) is 8.48. The van der Waals surface area contributed by atoms with Gasteiger partial charge in [-0.05, 0) is 69.9 Å². The summed E-state index contributed by atoms with van der Waals surface area (Å²) >= 11 is 0. The van der Waals surface area contributed by atoms with Crippen molar-refractivity contribution < 1.29 is 0 Å². The number of aromatic nitrogens is 2. The van der Waals surface area contributed by atoms with E-state index in [2.05, 4.69) is 179 Å². The second kappa shape index (κ2) is 9.39. The lowest BCUT2D eigenvalue weighted by Crippen LogP contribution is -2.37. The van der Waals surface area contributed by atoms with Crippen LogP contribution in [0.15, 0.2) is 170 Å². The van der Waals surface area contributed by atoms with E-state index in [0.29, 0.717) is 0 Å². The lowest BCUT2D eigenvalue weighted by Gasteiger charge is -2.38. The number of hydrogen-bond donors (Lipinski definition) is 0. The van der Waals surface area contributed by atoms with Crippen LogP contribution in [0.2, 0.25) is 0 Å². The average molecular weight is 525 g/mol. The van der Waals surface area contributed by atoms with Gasteiger partial charge in [0.1, 0.15) is 5.54 Å². The Morgan fingerprint density at radius 2 is 1.02 bits per heavy atom. The smallest absolute Gasteiger partial charge is 0.120 e. The van der Waals surface area contributed by atoms with Crippen molar-refractivity contribution in [2.75, 3.05) is 0 Å². The molecule has 0 radical (unpaired) electrons. The molecule has 6 aromatic carbocycles. The molecule has 0 amide bonds. The Balaban J connectivity index is 1.47. The maximum absolute atomic E-state index is 2.48. The first-order chi connectivity index (χ1) is 20.3. The van der Waals surface area contributed by atoms with E-state index in [4.69, 9.17) is 0 Å². The van der Waals surface area contributed by atoms with Crippen molar-refractivity contribution in [3.05, 3.63) is 187 Å². The number of hydrogen-bond acceptors (Lipinski definition) is 0. The summed E-state index contributed by atoms with van der Waals surface area (Å²) in [6.45, 7) is 0. The Bertz CT molecular complexity index is 2100. The minimum Gasteiger partial charge on any atom is -0.329 e. The van der Waals surface area contributed by atoms with Crippen LogP contribution in [0.1, 0.15) is 16.7 Å². The quantitative estimate of drug-likeness (QED) is 0.198. The van der Waals surface area contributed by atoms with E-state index in [1.54, 1.807) is 0 Å². The molecule has 0 saturated heterocycles. The highest BCUT2D eigenvalue weighted by Gasteiger charge is 2.39. The summed E-state index contributed by atoms with van der Waals surface area (Å²) in [7, 11) is 0. The minimum atomic E-state index is -0.588. The molecule has 0 bridgehead atoms. The molecule has 2 heterocycles. The molecule has 0 aliphatic heterocycles. The predicted octanol–water partition coefficient (Wildman–Crippen LogP) is 9.58. The number of nitrogens with zero attached hydrogens (tertiary/aromatic N) is 2. The van der Waals surface area contributed by atoms with Gasteiger partial charge in [0.05, 0.1) is 5.52 Å². The van der Waals surface area contributed by atoms with Crippen LogP contribution in [0.25, 0.3) is 38.3 Å². The van der Waals surface area contributed by atoms with Crippen LogP contribution in [0, 0.1) is 0 Å². The molecule has 0 saturated carbocycles. The number of fused-ring (bicyclic) bond motifs is 4. The zero-order valence-corrected chi connectivity index (χ0v) is 22.6. The highest BCUT2D eigenvalue weighted by atomic mass is 15.1. The summed E-state index contributed by atoms with van der Waals surface area (Å²) in [4.78, 5) is 0. The second-order valence-electron chi connectivity index (χ2n) is 10.6. The molecule has 0 unspecified atom stereocenters. The van der Waals surface area contributed by atoms with Gasteiger partial charge < -0.3 is 9.13 Å². The molecule has 8 rings (SSSR count). The Morgan fingerprint density at radius 3 is 1.76 bits per heavy atom. The van der Waals surface area contributed by atoms with Crippen LogP contribution in [-0.4, -0.2) is 9.13 Å². The topological polar surface area (TPSA) is 9.86 Å². The van der Waals surface area contributed by atoms with Crippen molar-refractivity contribution in [3.63, 3.8) is 0 Å². The fourth-order valence-corrected chi connectivity index (χ4v) is 6.65. The van der Waals surface area contributed by atoms with Crippen LogP contribution in [0.4, 0.5) is 0 Å². The molecule has 194 valence electrons. The maximum atomic E-state index is 2.48. The monoisotopic (exact) mass is 524 g/mol. The van der Waals surface area contributed by atoms with Crippen molar-refractivity contribution in [2.24, 2.45) is 0 Å². The predicted molar refractivity (Wildman–Crippen MR) is 171 cm³/mol. The van der Waals surface area contributed by atoms with E-state index >= 15 is 0 Å². The third kappa shape index (κ3) is 3.58. The fraction of sp³-hybridized carbons (Fsp3) is 0.0256. The second-order valence-corrected chi connectivity index (χ2v) is 10.6. The van der Waals surface area contributed by atoms with Crippen molar-refractivity contribution in [2.45, 2.75) is 5.54 Å². The van der Waals surface area contributed by atoms with Crippen LogP contribution in [0.3, 0.4) is 0 Å². The molecule has 2 aromatic heterocycles. The lowest BCUT2D eigenvalue weighted by atomic mass is 9.76. The molecule has 0 fully saturated rings. The first kappa shape index (κ1) is 23.5. The standard InChI is InChI=1S/C39H28N2/c1-4-13-31(14-5-1)39(32-15-6-2-7-16-32,41-27-25-36-35-19-11-10-12-29(35)20-22-38(36)41)33-21-23-37-30(28-33)24-26-40(37)34-17-8-3-9-18-34/h1-28H. The van der Waals surface area contributed by atoms with Gasteiger partial charge in [0.2, 0.25) is 0 Å². The number of para-hydroxylation sites is 1. The van der Waals surface area contributed by atoms with E-state index in [1.807, 2.05) is 0 Å². The van der Waals surface area contributed by atoms with E-state index in [1.165, 1.54) is 49.3 Å². The molecular formula is C39H28N2. The molecule has 8 aromatic rings. The van der Waals surface area contributed by atoms with Crippen molar-refractivity contribution in [1.82, 2.24) is 9.13 Å². The first-order valence-electron chi connectivity index (χ1n) is 14.1. The third-order valence-corrected chi connectivity index (χ3v) is 8.48. The first-order valence-corrected chi connectivity index (χ1v) is 14.1. The summed E-state index contributed by atoms with van der Waals surface area (Å²) in [6, 6.07) is 57.1. The molecule has 0 spiro atoms. The van der Waals surface area contributed by atoms with E-state index in [-0.39, 0.29) is 0 Å². The largest absolute Gasteiger partial charge is 0.329 e. The number of benzene rings is 6. The molecular weight excluding hydrogens is 496 g/mol. The van der Waals surface area contributed by atoms with Gasteiger partial charge >= 0.3 is 0 Å². The summed E-state index contributed by atoms with van der Waals surface area (Å²) in [5, 5.41) is 5.00. The summed E-state index contributed by atoms with van der Waals surface area (Å²) < 4.78 is 4.75. The summed E-state index contributed by atoms with van der Waals surface area (Å²) in [6.07, 6.45) is 4.45. The zero-order valence-electron chi connectivity index (χ0n) is 22.6. The summed E-state index contributed by atoms with van der Waals surface area (Å²) in [5.41, 5.74) is 6.64. The van der Waals surface area contributed by atoms with Gasteiger partial charge in [0.15, 0.2) is 0 Å². The van der Waals surface area contributed by atoms with Gasteiger partial charge in [-0.25, -0.2) is 0 Å². The molecule has 41 heavy (non-hydrogen) atoms. The van der Waals surface area contributed by atoms with Crippen LogP contribution >= 0.6 is 0 Å². The molecule has 2 heteroatoms. The molecule has 0 N–H and O–H groups in total. The summed E-state index contributed by atoms with van der Waals surface area (Å²) in [5.74, 6) is 0. The minimum absolute atomic E-state index is 0.588. The normalized spacial score (nSPS) is 11.9. The van der Waals surface area contributed by atoms with Gasteiger partial charge in [-0.3, -0.25) is 0 Å². The highest BCUT2D eigenvalue weighted by Crippen LogP contribution is 2.44. The van der Waals surface area contributed by atoms with Gasteiger partial charge in [-0.2, -0.15) is 0 Å². The Hall–Kier alpha value is -5.34. The highest BCUT2D eigenvalue weighted by molar-refractivity contribution is 6.07. The lowest BCUT2D eigenvalue weighted by molar-refractivity contribution is 0.534. The maximum Gasteiger partial charge on any atom is 0.120 e. The fourth-order valence-electron chi connectivity index (χ4n) is 6.65. The zero-order chi connectivity index (χ0) is 27.2. The van der Waals surface area contributed by atoms with Gasteiger partial charge in [0, 0.05) is 34.4 Å². The van der Waals surface area contributed by atoms with Gasteiger partial charge in [-0.15, -0.1) is 0 Å². The van der Waals surface area contributed by atoms with Crippen LogP contribution in [-0.2, 0) is 5.54 Å². The van der Waals surface area contributed by atoms with Crippen molar-refractivity contribution in [1.29, 1.82) is 0 Å². The Labute approximate surface area is 239 Å². The van der Waals surface area contributed by atoms with E-state index in [0.717, 1.165) is 5.69 Å². The molecule has 2 nitrogen and oxygen atoms in total. The van der Waals surface area contributed by atoms with Gasteiger partial charge in [-0.1, -0.05) is 115 Å². The van der Waals surface area contributed by atoms with Crippen molar-refractivity contribution in [3.8, 4) is 5.69 Å². The Kier molecular flexibility index (Phi) is 5.39. The van der Waals surface area contributed by atoms with E-state index < -0.39 is 5.54 Å². The van der Waals surface area contributed by atoms with E-state index in [9.17, 15) is 0 Å². The Morgan fingerprint density at radius 1 is 0.390 bits per heavy atom. The SMILES string of the molecule is c1ccc(-n2ccc3cc(C(c4ccccc4)(c4ccccc4)n4ccc5c6ccccc6ccc54)ccc32)cc1.